The molecule has 1 fully saturated rings. The largest absolute Gasteiger partial charge is 0.398 e. The van der Waals surface area contributed by atoms with Gasteiger partial charge in [-0.3, -0.25) is 0 Å². The molecule has 1 aliphatic rings. The van der Waals surface area contributed by atoms with E-state index < -0.39 is 0 Å². The Morgan fingerprint density at radius 3 is 2.88 bits per heavy atom. The predicted molar refractivity (Wildman–Crippen MR) is 70.7 cm³/mol. The highest BCUT2D eigenvalue weighted by Gasteiger charge is 2.16. The van der Waals surface area contributed by atoms with Gasteiger partial charge in [0.05, 0.1) is 5.56 Å². The average molecular weight is 233 g/mol. The van der Waals surface area contributed by atoms with E-state index >= 15 is 0 Å². The second kappa shape index (κ2) is 5.14. The number of anilines is 2. The lowest BCUT2D eigenvalue weighted by atomic mass is 10.1. The van der Waals surface area contributed by atoms with Crippen LogP contribution >= 0.6 is 0 Å². The monoisotopic (exact) mass is 233 g/mol. The smallest absolute Gasteiger partial charge is 0.137 e. The fourth-order valence-electron chi connectivity index (χ4n) is 2.14. The number of nitrogens with zero attached hydrogens (tertiary/aromatic N) is 1. The fraction of sp³-hybridized carbons (Fsp3) is 0.500. The minimum atomic E-state index is 0.420. The van der Waals surface area contributed by atoms with Crippen molar-refractivity contribution in [1.29, 1.82) is 5.41 Å². The number of hydrogen-bond donors (Lipinski definition) is 4. The Hall–Kier alpha value is -1.62. The van der Waals surface area contributed by atoms with Gasteiger partial charge in [-0.15, -0.1) is 0 Å². The summed E-state index contributed by atoms with van der Waals surface area (Å²) in [6, 6.07) is 2.16. The highest BCUT2D eigenvalue weighted by atomic mass is 15.0. The predicted octanol–water partition coefficient (Wildman–Crippen LogP) is 1.22. The summed E-state index contributed by atoms with van der Waals surface area (Å²) in [4.78, 5) is 4.30. The molecule has 1 saturated heterocycles. The van der Waals surface area contributed by atoms with Gasteiger partial charge >= 0.3 is 0 Å². The summed E-state index contributed by atoms with van der Waals surface area (Å²) < 4.78 is 0. The maximum absolute atomic E-state index is 7.76. The van der Waals surface area contributed by atoms with Crippen LogP contribution in [0.25, 0.3) is 0 Å². The molecule has 1 aromatic rings. The van der Waals surface area contributed by atoms with Crippen LogP contribution in [0, 0.1) is 5.41 Å². The molecule has 2 rings (SSSR count). The number of nitrogens with one attached hydrogen (secondary N) is 3. The van der Waals surface area contributed by atoms with Gasteiger partial charge in [-0.1, -0.05) is 0 Å². The standard InChI is InChI=1S/C12H19N5/c1-8(13)11-10(14)4-7-16-12(11)17-9-2-5-15-6-3-9/h4,7,9,13,15H,2-3,5-6H2,1H3,(H3,14,16,17). The van der Waals surface area contributed by atoms with Gasteiger partial charge in [0.1, 0.15) is 5.82 Å². The third kappa shape index (κ3) is 2.74. The Balaban J connectivity index is 2.19. The summed E-state index contributed by atoms with van der Waals surface area (Å²) in [6.07, 6.45) is 3.84. The van der Waals surface area contributed by atoms with E-state index in [4.69, 9.17) is 11.1 Å². The Morgan fingerprint density at radius 1 is 1.53 bits per heavy atom. The van der Waals surface area contributed by atoms with E-state index in [2.05, 4.69) is 15.6 Å². The molecule has 0 atom stereocenters. The number of pyridine rings is 1. The second-order valence-corrected chi connectivity index (χ2v) is 4.42. The number of piperidine rings is 1. The molecule has 0 spiro atoms. The van der Waals surface area contributed by atoms with Crippen LogP contribution in [-0.4, -0.2) is 29.8 Å². The molecule has 0 unspecified atom stereocenters. The van der Waals surface area contributed by atoms with Gasteiger partial charge < -0.3 is 21.8 Å². The van der Waals surface area contributed by atoms with Crippen LogP contribution < -0.4 is 16.4 Å². The summed E-state index contributed by atoms with van der Waals surface area (Å²) in [5.41, 5.74) is 7.69. The summed E-state index contributed by atoms with van der Waals surface area (Å²) in [5, 5.41) is 14.5. The molecule has 0 radical (unpaired) electrons. The number of aromatic nitrogens is 1. The average Bonchev–Trinajstić information content (AvgIpc) is 2.30. The third-order valence-electron chi connectivity index (χ3n) is 3.04. The third-order valence-corrected chi connectivity index (χ3v) is 3.04. The highest BCUT2D eigenvalue weighted by molar-refractivity contribution is 6.05. The van der Waals surface area contributed by atoms with Crippen LogP contribution in [0.4, 0.5) is 11.5 Å². The molecule has 0 amide bonds. The van der Waals surface area contributed by atoms with Crippen LogP contribution in [0.3, 0.4) is 0 Å². The van der Waals surface area contributed by atoms with Gasteiger partial charge in [0.15, 0.2) is 0 Å². The summed E-state index contributed by atoms with van der Waals surface area (Å²) in [5.74, 6) is 0.740. The molecule has 1 aliphatic heterocycles. The molecule has 2 heterocycles. The summed E-state index contributed by atoms with van der Waals surface area (Å²) in [7, 11) is 0. The SMILES string of the molecule is CC(=N)c1c(N)ccnc1NC1CCNCC1. The van der Waals surface area contributed by atoms with E-state index in [0.29, 0.717) is 17.4 Å². The van der Waals surface area contributed by atoms with Crippen molar-refractivity contribution in [2.45, 2.75) is 25.8 Å². The molecule has 0 aliphatic carbocycles. The van der Waals surface area contributed by atoms with Crippen LogP contribution in [-0.2, 0) is 0 Å². The second-order valence-electron chi connectivity index (χ2n) is 4.42. The van der Waals surface area contributed by atoms with Crippen LogP contribution in [0.5, 0.6) is 0 Å². The number of nitrogen functional groups attached to an aromatic ring is 1. The van der Waals surface area contributed by atoms with Gasteiger partial charge in [0.25, 0.3) is 0 Å². The molecule has 0 bridgehead atoms. The zero-order valence-corrected chi connectivity index (χ0v) is 10.1. The van der Waals surface area contributed by atoms with E-state index in [1.165, 1.54) is 0 Å². The van der Waals surface area contributed by atoms with Crippen molar-refractivity contribution >= 4 is 17.2 Å². The molecule has 1 aromatic heterocycles. The van der Waals surface area contributed by atoms with Gasteiger partial charge in [0, 0.05) is 23.6 Å². The lowest BCUT2D eigenvalue weighted by Gasteiger charge is -2.25. The molecule has 0 aromatic carbocycles. The first-order valence-electron chi connectivity index (χ1n) is 5.95. The molecular formula is C12H19N5. The minimum absolute atomic E-state index is 0.420. The first-order chi connectivity index (χ1) is 8.18. The zero-order valence-electron chi connectivity index (χ0n) is 10.1. The first kappa shape index (κ1) is 11.9. The van der Waals surface area contributed by atoms with Crippen molar-refractivity contribution in [3.05, 3.63) is 17.8 Å². The molecule has 17 heavy (non-hydrogen) atoms. The Kier molecular flexibility index (Phi) is 3.58. The fourth-order valence-corrected chi connectivity index (χ4v) is 2.14. The number of nitrogens with two attached hydrogens (primary N) is 1. The highest BCUT2D eigenvalue weighted by Crippen LogP contribution is 2.21. The Bertz CT molecular complexity index is 409. The van der Waals surface area contributed by atoms with Gasteiger partial charge in [-0.2, -0.15) is 0 Å². The minimum Gasteiger partial charge on any atom is -0.398 e. The van der Waals surface area contributed by atoms with E-state index in [1.807, 2.05) is 0 Å². The topological polar surface area (TPSA) is 86.8 Å². The van der Waals surface area contributed by atoms with E-state index in [-0.39, 0.29) is 0 Å². The van der Waals surface area contributed by atoms with E-state index in [1.54, 1.807) is 19.2 Å². The Morgan fingerprint density at radius 2 is 2.24 bits per heavy atom. The van der Waals surface area contributed by atoms with Crippen LogP contribution in [0.1, 0.15) is 25.3 Å². The van der Waals surface area contributed by atoms with Crippen molar-refractivity contribution in [1.82, 2.24) is 10.3 Å². The zero-order chi connectivity index (χ0) is 12.3. The maximum Gasteiger partial charge on any atom is 0.137 e. The molecule has 5 N–H and O–H groups in total. The molecule has 92 valence electrons. The van der Waals surface area contributed by atoms with Crippen LogP contribution in [0.15, 0.2) is 12.3 Å². The van der Waals surface area contributed by atoms with E-state index in [9.17, 15) is 0 Å². The molecule has 5 heteroatoms. The number of rotatable bonds is 3. The maximum atomic E-state index is 7.76. The number of hydrogen-bond acceptors (Lipinski definition) is 5. The molecular weight excluding hydrogens is 214 g/mol. The van der Waals surface area contributed by atoms with Crippen molar-refractivity contribution in [2.24, 2.45) is 0 Å². The van der Waals surface area contributed by atoms with E-state index in [0.717, 1.165) is 37.3 Å². The van der Waals surface area contributed by atoms with Crippen molar-refractivity contribution in [2.75, 3.05) is 24.1 Å². The summed E-state index contributed by atoms with van der Waals surface area (Å²) >= 11 is 0. The van der Waals surface area contributed by atoms with Crippen molar-refractivity contribution in [3.8, 4) is 0 Å². The van der Waals surface area contributed by atoms with Crippen molar-refractivity contribution < 1.29 is 0 Å². The van der Waals surface area contributed by atoms with Crippen LogP contribution in [0.2, 0.25) is 0 Å². The normalized spacial score (nSPS) is 16.8. The summed E-state index contributed by atoms with van der Waals surface area (Å²) in [6.45, 7) is 3.79. The molecule has 0 saturated carbocycles. The quantitative estimate of drug-likeness (QED) is 0.591. The van der Waals surface area contributed by atoms with Gasteiger partial charge in [0.2, 0.25) is 0 Å². The first-order valence-corrected chi connectivity index (χ1v) is 5.95. The van der Waals surface area contributed by atoms with Crippen molar-refractivity contribution in [3.63, 3.8) is 0 Å². The lowest BCUT2D eigenvalue weighted by Crippen LogP contribution is -2.35. The van der Waals surface area contributed by atoms with Gasteiger partial charge in [-0.05, 0) is 38.9 Å². The van der Waals surface area contributed by atoms with Gasteiger partial charge in [-0.25, -0.2) is 4.98 Å². The molecule has 5 nitrogen and oxygen atoms in total. The Labute approximate surface area is 101 Å². The lowest BCUT2D eigenvalue weighted by molar-refractivity contribution is 0.478.